The molecule has 0 aromatic carbocycles. The molecule has 8 fully saturated rings. The summed E-state index contributed by atoms with van der Waals surface area (Å²) in [7, 11) is 2.08. The molecule has 0 aromatic rings. The normalized spacial score (nSPS) is 50.9. The van der Waals surface area contributed by atoms with Gasteiger partial charge in [-0.1, -0.05) is 54.9 Å². The Bertz CT molecular complexity index is 1440. The lowest BCUT2D eigenvalue weighted by Crippen LogP contribution is -2.58. The highest BCUT2D eigenvalue weighted by atomic mass is 31.0. The molecule has 0 radical (unpaired) electrons. The Labute approximate surface area is 350 Å². The zero-order valence-electron chi connectivity index (χ0n) is 37.5. The molecule has 6 nitrogen and oxygen atoms in total. The first kappa shape index (κ1) is 44.5. The maximum Gasteiger partial charge on any atom is 0.307 e. The summed E-state index contributed by atoms with van der Waals surface area (Å²) in [6.07, 6.45) is 21.9. The highest BCUT2D eigenvalue weighted by Crippen LogP contribution is 2.70. The maximum absolute atomic E-state index is 11.6. The van der Waals surface area contributed by atoms with E-state index in [1.54, 1.807) is 6.92 Å². The largest absolute Gasteiger partial charge is 0.452 e. The molecule has 8 saturated carbocycles. The number of carbonyl (C=O) groups excluding carboxylic acids is 2. The van der Waals surface area contributed by atoms with Gasteiger partial charge >= 0.3 is 5.97 Å². The first-order valence-corrected chi connectivity index (χ1v) is 24.8. The lowest BCUT2D eigenvalue weighted by Gasteiger charge is -2.62. The molecule has 8 aliphatic rings. The second-order valence-corrected chi connectivity index (χ2v) is 23.8. The highest BCUT2D eigenvalue weighted by Gasteiger charge is 2.64. The van der Waals surface area contributed by atoms with Crippen molar-refractivity contribution in [1.29, 1.82) is 0 Å². The van der Waals surface area contributed by atoms with Gasteiger partial charge in [0.25, 0.3) is 0 Å². The van der Waals surface area contributed by atoms with Gasteiger partial charge in [0.1, 0.15) is 5.78 Å². The zero-order valence-corrected chi connectivity index (χ0v) is 38.7. The summed E-state index contributed by atoms with van der Waals surface area (Å²) < 4.78 is 4.79. The minimum absolute atomic E-state index is 0.103. The van der Waals surface area contributed by atoms with Crippen LogP contribution in [0.1, 0.15) is 184 Å². The summed E-state index contributed by atoms with van der Waals surface area (Å²) in [5.74, 6) is 8.34. The molecule has 0 spiro atoms. The molecule has 57 heavy (non-hydrogen) atoms. The van der Waals surface area contributed by atoms with Crippen LogP contribution in [-0.4, -0.2) is 45.4 Å². The monoisotopic (exact) mass is 813 g/mol. The Hall–Kier alpha value is -0.550. The van der Waals surface area contributed by atoms with E-state index in [9.17, 15) is 24.9 Å². The standard InChI is InChI=1S/C25H43O3P.C25H42O3/c1-15-9-11-24(3)17(13-15)14-21(26)23-19-7-6-18(16(2)5-8-22(27)28-29)25(19,4)12-10-20(23)24;1-15(5-6-16(2)26)19-7-8-20-23-21(10-12-25(19,20)4)24(3)11-9-18(27)13-17(24)14-22(23)28/h15-21,23,26H,5-14,29H2,1-4H3;15,17-23,27-28H,5-14H2,1-4H3/t15-,16-,17+,18-,19?,20?,21-,23?,24+,25-;15-,17+,18-,19-,20?,21?,22-,23?,24+,25-/m11/s1. The number of carbonyl (C=O) groups is 2. The Morgan fingerprint density at radius 3 is 1.54 bits per heavy atom. The van der Waals surface area contributed by atoms with Crippen LogP contribution in [-0.2, 0) is 14.1 Å². The van der Waals surface area contributed by atoms with E-state index in [1.807, 2.05) is 0 Å². The van der Waals surface area contributed by atoms with Gasteiger partial charge in [-0.25, -0.2) is 0 Å². The van der Waals surface area contributed by atoms with Gasteiger partial charge in [0.15, 0.2) is 0 Å². The van der Waals surface area contributed by atoms with Gasteiger partial charge in [0.2, 0.25) is 0 Å². The molecule has 326 valence electrons. The predicted molar refractivity (Wildman–Crippen MR) is 232 cm³/mol. The van der Waals surface area contributed by atoms with Crippen LogP contribution < -0.4 is 0 Å². The summed E-state index contributed by atoms with van der Waals surface area (Å²) in [5.41, 5.74) is 1.42. The Kier molecular flexibility index (Phi) is 13.2. The zero-order chi connectivity index (χ0) is 41.2. The molecule has 7 heteroatoms. The molecular weight excluding hydrogens is 728 g/mol. The van der Waals surface area contributed by atoms with Crippen molar-refractivity contribution in [2.24, 2.45) is 98.6 Å². The predicted octanol–water partition coefficient (Wildman–Crippen LogP) is 11.0. The van der Waals surface area contributed by atoms with Gasteiger partial charge in [-0.05, 0) is 215 Å². The fourth-order valence-corrected chi connectivity index (χ4v) is 17.9. The number of aliphatic hydroxyl groups excluding tert-OH is 3. The molecule has 0 amide bonds. The maximum atomic E-state index is 11.6. The van der Waals surface area contributed by atoms with E-state index in [1.165, 1.54) is 70.6 Å². The van der Waals surface area contributed by atoms with Gasteiger partial charge in [-0.2, -0.15) is 0 Å². The molecule has 0 saturated heterocycles. The summed E-state index contributed by atoms with van der Waals surface area (Å²) in [4.78, 5) is 23.1. The minimum atomic E-state index is -0.190. The Morgan fingerprint density at radius 2 is 1.05 bits per heavy atom. The van der Waals surface area contributed by atoms with E-state index < -0.39 is 0 Å². The summed E-state index contributed by atoms with van der Waals surface area (Å²) in [6, 6.07) is 0. The SMILES string of the molecule is CC(=O)CC[C@@H](C)[C@H]1CCC2C3C(CC[C@@]21C)[C@@]1(C)CC[C@@H](O)C[C@H]1C[C@H]3O.C[C@@H]1CC[C@]2(C)C3CC[C@@]4(C)C(CC[C@@H]4[C@H](C)CCC(=O)OP)C3[C@H](O)C[C@@H]2C1. The van der Waals surface area contributed by atoms with Crippen molar-refractivity contribution >= 4 is 21.2 Å². The average Bonchev–Trinajstić information content (AvgIpc) is 3.71. The van der Waals surface area contributed by atoms with E-state index in [2.05, 4.69) is 57.9 Å². The highest BCUT2D eigenvalue weighted by molar-refractivity contribution is 7.10. The van der Waals surface area contributed by atoms with Crippen LogP contribution in [0.4, 0.5) is 0 Å². The summed E-state index contributed by atoms with van der Waals surface area (Å²) >= 11 is 0. The number of hydrogen-bond acceptors (Lipinski definition) is 6. The first-order valence-electron chi connectivity index (χ1n) is 24.3. The van der Waals surface area contributed by atoms with Crippen LogP contribution in [0.25, 0.3) is 0 Å². The van der Waals surface area contributed by atoms with Crippen LogP contribution in [0.15, 0.2) is 0 Å². The minimum Gasteiger partial charge on any atom is -0.452 e. The second-order valence-electron chi connectivity index (χ2n) is 23.6. The first-order chi connectivity index (χ1) is 26.9. The van der Waals surface area contributed by atoms with Gasteiger partial charge in [-0.3, -0.25) is 4.79 Å². The molecule has 0 bridgehead atoms. The van der Waals surface area contributed by atoms with Gasteiger partial charge in [0.05, 0.1) is 27.8 Å². The van der Waals surface area contributed by atoms with Crippen LogP contribution in [0, 0.1) is 98.6 Å². The van der Waals surface area contributed by atoms with Crippen molar-refractivity contribution in [2.75, 3.05) is 0 Å². The molecule has 0 aromatic heterocycles. The van der Waals surface area contributed by atoms with E-state index >= 15 is 0 Å². The van der Waals surface area contributed by atoms with Crippen molar-refractivity contribution in [3.8, 4) is 0 Å². The molecule has 8 aliphatic carbocycles. The number of aliphatic hydroxyl groups is 3. The fourth-order valence-electron chi connectivity index (χ4n) is 17.8. The third-order valence-corrected chi connectivity index (χ3v) is 21.3. The number of hydrogen-bond donors (Lipinski definition) is 3. The smallest absolute Gasteiger partial charge is 0.307 e. The van der Waals surface area contributed by atoms with Crippen molar-refractivity contribution < 1.29 is 29.4 Å². The molecule has 8 rings (SSSR count). The van der Waals surface area contributed by atoms with Crippen molar-refractivity contribution in [2.45, 2.75) is 202 Å². The van der Waals surface area contributed by atoms with Crippen molar-refractivity contribution in [3.05, 3.63) is 0 Å². The van der Waals surface area contributed by atoms with E-state index in [0.29, 0.717) is 99.0 Å². The van der Waals surface area contributed by atoms with Gasteiger partial charge in [-0.15, -0.1) is 0 Å². The quantitative estimate of drug-likeness (QED) is 0.211. The van der Waals surface area contributed by atoms with Crippen LogP contribution in [0.2, 0.25) is 0 Å². The molecule has 21 atom stereocenters. The van der Waals surface area contributed by atoms with E-state index in [4.69, 9.17) is 4.52 Å². The molecule has 3 N–H and O–H groups in total. The van der Waals surface area contributed by atoms with Crippen molar-refractivity contribution in [1.82, 2.24) is 0 Å². The van der Waals surface area contributed by atoms with Crippen LogP contribution >= 0.6 is 9.47 Å². The fraction of sp³-hybridized carbons (Fsp3) is 0.960. The summed E-state index contributed by atoms with van der Waals surface area (Å²) in [5, 5.41) is 32.9. The lowest BCUT2D eigenvalue weighted by molar-refractivity contribution is -0.174. The average molecular weight is 813 g/mol. The van der Waals surface area contributed by atoms with E-state index in [-0.39, 0.29) is 24.3 Å². The second kappa shape index (κ2) is 17.0. The van der Waals surface area contributed by atoms with Crippen molar-refractivity contribution in [3.63, 3.8) is 0 Å². The molecule has 7 unspecified atom stereocenters. The van der Waals surface area contributed by atoms with Crippen LogP contribution in [0.3, 0.4) is 0 Å². The Morgan fingerprint density at radius 1 is 0.614 bits per heavy atom. The lowest BCUT2D eigenvalue weighted by atomic mass is 9.43. The van der Waals surface area contributed by atoms with Gasteiger partial charge in [0, 0.05) is 12.8 Å². The number of ketones is 1. The third kappa shape index (κ3) is 7.92. The number of Topliss-reactive ketones (excluding diaryl/α,β-unsaturated/α-hetero) is 1. The Balaban J connectivity index is 0.000000174. The molecule has 0 heterocycles. The summed E-state index contributed by atoms with van der Waals surface area (Å²) in [6.45, 7) is 18.9. The van der Waals surface area contributed by atoms with E-state index in [0.717, 1.165) is 63.2 Å². The van der Waals surface area contributed by atoms with Crippen LogP contribution in [0.5, 0.6) is 0 Å². The molecule has 0 aliphatic heterocycles. The molecular formula is C50H85O6P. The third-order valence-electron chi connectivity index (χ3n) is 21.0. The topological polar surface area (TPSA) is 104 Å². The number of fused-ring (bicyclic) bond motifs is 10. The number of rotatable bonds is 8. The van der Waals surface area contributed by atoms with Gasteiger partial charge < -0.3 is 24.6 Å².